The number of hydrogen-bond acceptors (Lipinski definition) is 4. The van der Waals surface area contributed by atoms with Gasteiger partial charge in [-0.2, -0.15) is 18.4 Å². The van der Waals surface area contributed by atoms with Gasteiger partial charge in [-0.05, 0) is 29.8 Å². The average Bonchev–Trinajstić information content (AvgIpc) is 2.59. The summed E-state index contributed by atoms with van der Waals surface area (Å²) in [5.41, 5.74) is 4.03. The lowest BCUT2D eigenvalue weighted by molar-refractivity contribution is -0.137. The third kappa shape index (κ3) is 3.23. The van der Waals surface area contributed by atoms with E-state index >= 15 is 0 Å². The van der Waals surface area contributed by atoms with Crippen molar-refractivity contribution in [3.05, 3.63) is 47.3 Å². The van der Waals surface area contributed by atoms with Gasteiger partial charge in [-0.15, -0.1) is 0 Å². The maximum absolute atomic E-state index is 13.9. The van der Waals surface area contributed by atoms with Gasteiger partial charge in [-0.3, -0.25) is 0 Å². The number of halogens is 4. The second-order valence-corrected chi connectivity index (χ2v) is 5.44. The van der Waals surface area contributed by atoms with Crippen molar-refractivity contribution in [3.63, 3.8) is 0 Å². The van der Waals surface area contributed by atoms with Gasteiger partial charge in [0, 0.05) is 18.2 Å². The lowest BCUT2D eigenvalue weighted by atomic mass is 9.95. The van der Waals surface area contributed by atoms with Crippen LogP contribution >= 0.6 is 0 Å². The van der Waals surface area contributed by atoms with E-state index in [-0.39, 0.29) is 41.3 Å². The fourth-order valence-corrected chi connectivity index (χ4v) is 2.58. The Bertz CT molecular complexity index is 859. The van der Waals surface area contributed by atoms with Gasteiger partial charge in [-0.1, -0.05) is 0 Å². The Kier molecular flexibility index (Phi) is 4.27. The van der Waals surface area contributed by atoms with E-state index in [1.165, 1.54) is 0 Å². The van der Waals surface area contributed by atoms with E-state index in [4.69, 9.17) is 20.5 Å². The summed E-state index contributed by atoms with van der Waals surface area (Å²) in [5.74, 6) is -0.807. The first-order valence-corrected chi connectivity index (χ1v) is 7.28. The predicted octanol–water partition coefficient (Wildman–Crippen LogP) is 3.48. The maximum atomic E-state index is 13.9. The monoisotopic (exact) mass is 352 g/mol. The number of hydrogen-bond donors (Lipinski definition) is 1. The average molecular weight is 352 g/mol. The van der Waals surface area contributed by atoms with Crippen LogP contribution in [-0.4, -0.2) is 19.3 Å². The molecule has 0 unspecified atom stereocenters. The molecule has 0 saturated heterocycles. The second kappa shape index (κ2) is 6.26. The summed E-state index contributed by atoms with van der Waals surface area (Å²) >= 11 is 0. The summed E-state index contributed by atoms with van der Waals surface area (Å²) in [7, 11) is 0. The predicted molar refractivity (Wildman–Crippen MR) is 80.5 cm³/mol. The molecule has 0 bridgehead atoms. The van der Waals surface area contributed by atoms with Gasteiger partial charge in [0.25, 0.3) is 0 Å². The van der Waals surface area contributed by atoms with Crippen molar-refractivity contribution >= 4 is 0 Å². The quantitative estimate of drug-likeness (QED) is 0.840. The molecule has 25 heavy (non-hydrogen) atoms. The molecule has 0 aliphatic carbocycles. The molecule has 1 atom stereocenters. The minimum absolute atomic E-state index is 0.00446. The summed E-state index contributed by atoms with van der Waals surface area (Å²) in [6.07, 6.45) is -5.25. The number of nitrogens with zero attached hydrogens (tertiary/aromatic N) is 1. The van der Waals surface area contributed by atoms with Crippen LogP contribution in [0, 0.1) is 17.1 Å². The highest BCUT2D eigenvalue weighted by Crippen LogP contribution is 2.46. The number of nitriles is 1. The molecule has 4 nitrogen and oxygen atoms in total. The van der Waals surface area contributed by atoms with Gasteiger partial charge >= 0.3 is 6.18 Å². The van der Waals surface area contributed by atoms with Crippen molar-refractivity contribution in [2.45, 2.75) is 12.3 Å². The molecule has 2 aromatic carbocycles. The van der Waals surface area contributed by atoms with Crippen LogP contribution in [0.2, 0.25) is 0 Å². The van der Waals surface area contributed by atoms with Crippen molar-refractivity contribution in [1.29, 1.82) is 5.26 Å². The molecular weight excluding hydrogens is 340 g/mol. The van der Waals surface area contributed by atoms with Crippen LogP contribution in [0.5, 0.6) is 11.5 Å². The van der Waals surface area contributed by atoms with E-state index in [9.17, 15) is 17.6 Å². The minimum Gasteiger partial charge on any atom is -0.486 e. The Labute approximate surface area is 140 Å². The van der Waals surface area contributed by atoms with E-state index in [1.54, 1.807) is 6.07 Å². The summed E-state index contributed by atoms with van der Waals surface area (Å²) < 4.78 is 65.0. The summed E-state index contributed by atoms with van der Waals surface area (Å²) in [5, 5.41) is 9.00. The Balaban J connectivity index is 2.27. The first-order chi connectivity index (χ1) is 11.8. The molecule has 0 saturated carbocycles. The summed E-state index contributed by atoms with van der Waals surface area (Å²) in [6.45, 7) is 0.150. The second-order valence-electron chi connectivity index (χ2n) is 5.44. The Morgan fingerprint density at radius 1 is 1.20 bits per heavy atom. The fourth-order valence-electron chi connectivity index (χ4n) is 2.58. The highest BCUT2D eigenvalue weighted by atomic mass is 19.4. The fraction of sp³-hybridized carbons (Fsp3) is 0.235. The van der Waals surface area contributed by atoms with Gasteiger partial charge in [-0.25, -0.2) is 4.39 Å². The standard InChI is InChI=1S/C17H12F4N2O2/c18-10-4-13(16-15(5-10)24-8-11(7-23)25-16)12-3-9(6-22)1-2-14(12)17(19,20)21/h1-5,11H,7-8,23H2/t11-/m0/s1. The van der Waals surface area contributed by atoms with Gasteiger partial charge in [0.2, 0.25) is 0 Å². The smallest absolute Gasteiger partial charge is 0.417 e. The number of fused-ring (bicyclic) bond motifs is 1. The zero-order valence-corrected chi connectivity index (χ0v) is 12.7. The Morgan fingerprint density at radius 3 is 2.60 bits per heavy atom. The lowest BCUT2D eigenvalue weighted by Crippen LogP contribution is -2.36. The van der Waals surface area contributed by atoms with Crippen LogP contribution < -0.4 is 15.2 Å². The number of alkyl halides is 3. The maximum Gasteiger partial charge on any atom is 0.417 e. The highest BCUT2D eigenvalue weighted by molar-refractivity contribution is 5.78. The van der Waals surface area contributed by atoms with E-state index in [2.05, 4.69) is 0 Å². The summed E-state index contributed by atoms with van der Waals surface area (Å²) in [4.78, 5) is 0. The first kappa shape index (κ1) is 17.0. The third-order valence-electron chi connectivity index (χ3n) is 3.74. The number of nitrogens with two attached hydrogens (primary N) is 1. The molecule has 0 spiro atoms. The van der Waals surface area contributed by atoms with Crippen LogP contribution in [0.15, 0.2) is 30.3 Å². The molecule has 3 rings (SSSR count). The van der Waals surface area contributed by atoms with Gasteiger partial charge in [0.1, 0.15) is 18.5 Å². The first-order valence-electron chi connectivity index (χ1n) is 7.28. The highest BCUT2D eigenvalue weighted by Gasteiger charge is 2.35. The van der Waals surface area contributed by atoms with Crippen LogP contribution in [0.1, 0.15) is 11.1 Å². The molecule has 1 heterocycles. The van der Waals surface area contributed by atoms with Crippen LogP contribution in [-0.2, 0) is 6.18 Å². The molecule has 8 heteroatoms. The van der Waals surface area contributed by atoms with Crippen LogP contribution in [0.3, 0.4) is 0 Å². The molecule has 0 amide bonds. The number of rotatable bonds is 2. The largest absolute Gasteiger partial charge is 0.486 e. The Hall–Kier alpha value is -2.79. The van der Waals surface area contributed by atoms with Crippen molar-refractivity contribution in [2.24, 2.45) is 5.73 Å². The molecule has 0 radical (unpaired) electrons. The van der Waals surface area contributed by atoms with Gasteiger partial charge in [0.05, 0.1) is 17.2 Å². The van der Waals surface area contributed by atoms with Gasteiger partial charge < -0.3 is 15.2 Å². The zero-order valence-electron chi connectivity index (χ0n) is 12.7. The van der Waals surface area contributed by atoms with Crippen molar-refractivity contribution in [1.82, 2.24) is 0 Å². The van der Waals surface area contributed by atoms with E-state index in [1.807, 2.05) is 0 Å². The minimum atomic E-state index is -4.69. The zero-order chi connectivity index (χ0) is 18.2. The molecule has 2 N–H and O–H groups in total. The van der Waals surface area contributed by atoms with Crippen LogP contribution in [0.4, 0.5) is 17.6 Å². The molecule has 130 valence electrons. The van der Waals surface area contributed by atoms with E-state index in [0.29, 0.717) is 0 Å². The molecule has 0 fully saturated rings. The van der Waals surface area contributed by atoms with Crippen molar-refractivity contribution in [2.75, 3.05) is 13.2 Å². The van der Waals surface area contributed by atoms with E-state index in [0.717, 1.165) is 30.3 Å². The summed E-state index contributed by atoms with van der Waals surface area (Å²) in [6, 6.07) is 6.62. The van der Waals surface area contributed by atoms with Gasteiger partial charge in [0.15, 0.2) is 11.5 Å². The van der Waals surface area contributed by atoms with Crippen molar-refractivity contribution < 1.29 is 27.0 Å². The topological polar surface area (TPSA) is 68.3 Å². The molecular formula is C17H12F4N2O2. The molecule has 1 aliphatic heterocycles. The lowest BCUT2D eigenvalue weighted by Gasteiger charge is -2.28. The normalized spacial score (nSPS) is 16.4. The van der Waals surface area contributed by atoms with E-state index < -0.39 is 23.7 Å². The number of benzene rings is 2. The van der Waals surface area contributed by atoms with Crippen molar-refractivity contribution in [3.8, 4) is 28.7 Å². The number of ether oxygens (including phenoxy) is 2. The molecule has 2 aromatic rings. The van der Waals surface area contributed by atoms with Crippen LogP contribution in [0.25, 0.3) is 11.1 Å². The third-order valence-corrected chi connectivity index (χ3v) is 3.74. The SMILES string of the molecule is N#Cc1ccc(C(F)(F)F)c(-c2cc(F)cc3c2O[C@@H](CN)CO3)c1. The molecule has 0 aromatic heterocycles. The molecule has 1 aliphatic rings. The Morgan fingerprint density at radius 2 is 1.96 bits per heavy atom.